The second-order valence-electron chi connectivity index (χ2n) is 6.73. The van der Waals surface area contributed by atoms with Crippen LogP contribution in [0.3, 0.4) is 0 Å². The fourth-order valence-electron chi connectivity index (χ4n) is 2.63. The zero-order chi connectivity index (χ0) is 21.2. The number of carbonyl (C=O) groups is 1. The van der Waals surface area contributed by atoms with Crippen molar-refractivity contribution in [3.63, 3.8) is 0 Å². The van der Waals surface area contributed by atoms with Gasteiger partial charge in [0.1, 0.15) is 6.04 Å². The summed E-state index contributed by atoms with van der Waals surface area (Å²) in [5.41, 5.74) is -0.0268. The van der Waals surface area contributed by atoms with Crippen molar-refractivity contribution < 1.29 is 22.5 Å². The minimum Gasteiger partial charge on any atom is -0.340 e. The summed E-state index contributed by atoms with van der Waals surface area (Å²) >= 11 is 5.87. The maximum Gasteiger partial charge on any atom is 0.416 e. The highest BCUT2D eigenvalue weighted by atomic mass is 35.5. The van der Waals surface area contributed by atoms with Crippen molar-refractivity contribution in [2.24, 2.45) is 5.92 Å². The standard InChI is InChI=1S/C20H17ClF3N3O2/c1-11(2)16(19-26-17(27-29-19)12-5-9-15(21)10-6-12)25-18(28)13-3-7-14(8-4-13)20(22,23)24/h3-11,16H,1-2H3,(H,25,28)/t16-/m1/s1. The van der Waals surface area contributed by atoms with E-state index in [2.05, 4.69) is 15.5 Å². The van der Waals surface area contributed by atoms with Crippen LogP contribution in [0.4, 0.5) is 13.2 Å². The molecule has 0 saturated heterocycles. The molecule has 0 radical (unpaired) electrons. The van der Waals surface area contributed by atoms with Crippen LogP contribution in [0.5, 0.6) is 0 Å². The summed E-state index contributed by atoms with van der Waals surface area (Å²) < 4.78 is 43.4. The average Bonchev–Trinajstić information content (AvgIpc) is 3.15. The van der Waals surface area contributed by atoms with Crippen molar-refractivity contribution in [3.8, 4) is 11.4 Å². The first-order chi connectivity index (χ1) is 13.6. The maximum atomic E-state index is 12.7. The molecule has 0 aliphatic rings. The van der Waals surface area contributed by atoms with Gasteiger partial charge in [-0.2, -0.15) is 18.2 Å². The molecule has 0 fully saturated rings. The molecule has 152 valence electrons. The van der Waals surface area contributed by atoms with Crippen LogP contribution in [0.15, 0.2) is 53.1 Å². The third-order valence-corrected chi connectivity index (χ3v) is 4.49. The summed E-state index contributed by atoms with van der Waals surface area (Å²) in [6, 6.07) is 10.2. The van der Waals surface area contributed by atoms with Gasteiger partial charge in [0, 0.05) is 16.1 Å². The largest absolute Gasteiger partial charge is 0.416 e. The van der Waals surface area contributed by atoms with Gasteiger partial charge in [0.15, 0.2) is 0 Å². The molecule has 29 heavy (non-hydrogen) atoms. The molecule has 0 unspecified atom stereocenters. The molecular formula is C20H17ClF3N3O2. The molecule has 3 rings (SSSR count). The van der Waals surface area contributed by atoms with Crippen LogP contribution in [-0.4, -0.2) is 16.0 Å². The number of hydrogen-bond acceptors (Lipinski definition) is 4. The van der Waals surface area contributed by atoms with E-state index in [1.807, 2.05) is 13.8 Å². The van der Waals surface area contributed by atoms with E-state index < -0.39 is 23.7 Å². The van der Waals surface area contributed by atoms with Crippen LogP contribution >= 0.6 is 11.6 Å². The molecule has 0 aliphatic carbocycles. The highest BCUT2D eigenvalue weighted by molar-refractivity contribution is 6.30. The molecule has 0 aliphatic heterocycles. The maximum absolute atomic E-state index is 12.7. The quantitative estimate of drug-likeness (QED) is 0.585. The fraction of sp³-hybridized carbons (Fsp3) is 0.250. The second kappa shape index (κ2) is 8.24. The van der Waals surface area contributed by atoms with Gasteiger partial charge in [0.2, 0.25) is 11.7 Å². The number of rotatable bonds is 5. The van der Waals surface area contributed by atoms with Gasteiger partial charge >= 0.3 is 6.18 Å². The van der Waals surface area contributed by atoms with Crippen molar-refractivity contribution in [1.82, 2.24) is 15.5 Å². The molecular weight excluding hydrogens is 407 g/mol. The van der Waals surface area contributed by atoms with Crippen LogP contribution in [-0.2, 0) is 6.18 Å². The van der Waals surface area contributed by atoms with Gasteiger partial charge in [-0.1, -0.05) is 30.6 Å². The molecule has 0 saturated carbocycles. The van der Waals surface area contributed by atoms with Crippen molar-refractivity contribution in [2.75, 3.05) is 0 Å². The van der Waals surface area contributed by atoms with Gasteiger partial charge in [0.05, 0.1) is 5.56 Å². The smallest absolute Gasteiger partial charge is 0.340 e. The minimum atomic E-state index is -4.46. The highest BCUT2D eigenvalue weighted by Gasteiger charge is 2.30. The number of benzene rings is 2. The van der Waals surface area contributed by atoms with E-state index in [0.717, 1.165) is 24.3 Å². The Bertz CT molecular complexity index is 983. The Labute approximate surface area is 169 Å². The third kappa shape index (κ3) is 4.95. The number of alkyl halides is 3. The lowest BCUT2D eigenvalue weighted by Crippen LogP contribution is -2.32. The van der Waals surface area contributed by atoms with Crippen LogP contribution in [0.25, 0.3) is 11.4 Å². The van der Waals surface area contributed by atoms with Crippen molar-refractivity contribution in [3.05, 3.63) is 70.6 Å². The van der Waals surface area contributed by atoms with Gasteiger partial charge in [0.25, 0.3) is 5.91 Å². The summed E-state index contributed by atoms with van der Waals surface area (Å²) in [4.78, 5) is 16.9. The van der Waals surface area contributed by atoms with Crippen LogP contribution in [0, 0.1) is 5.92 Å². The number of amides is 1. The molecule has 1 aromatic heterocycles. The molecule has 9 heteroatoms. The van der Waals surface area contributed by atoms with Crippen LogP contribution in [0.1, 0.15) is 41.7 Å². The SMILES string of the molecule is CC(C)[C@@H](NC(=O)c1ccc(C(F)(F)F)cc1)c1nc(-c2ccc(Cl)cc2)no1. The highest BCUT2D eigenvalue weighted by Crippen LogP contribution is 2.29. The number of nitrogens with one attached hydrogen (secondary N) is 1. The number of nitrogens with zero attached hydrogens (tertiary/aromatic N) is 2. The lowest BCUT2D eigenvalue weighted by Gasteiger charge is -2.18. The van der Waals surface area contributed by atoms with Gasteiger partial charge in [-0.05, 0) is 54.4 Å². The summed E-state index contributed by atoms with van der Waals surface area (Å²) in [6.45, 7) is 3.70. The van der Waals surface area contributed by atoms with E-state index in [9.17, 15) is 18.0 Å². The molecule has 2 aromatic carbocycles. The van der Waals surface area contributed by atoms with Crippen molar-refractivity contribution in [2.45, 2.75) is 26.1 Å². The average molecular weight is 424 g/mol. The first-order valence-corrected chi connectivity index (χ1v) is 9.10. The molecule has 0 spiro atoms. The van der Waals surface area contributed by atoms with E-state index in [0.29, 0.717) is 16.4 Å². The Morgan fingerprint density at radius 3 is 2.24 bits per heavy atom. The van der Waals surface area contributed by atoms with Gasteiger partial charge in [-0.3, -0.25) is 4.79 Å². The minimum absolute atomic E-state index is 0.0982. The first-order valence-electron chi connectivity index (χ1n) is 8.73. The number of hydrogen-bond donors (Lipinski definition) is 1. The Hall–Kier alpha value is -2.87. The summed E-state index contributed by atoms with van der Waals surface area (Å²) in [6.07, 6.45) is -4.46. The predicted octanol–water partition coefficient (Wildman–Crippen LogP) is 5.54. The summed E-state index contributed by atoms with van der Waals surface area (Å²) in [5, 5.41) is 7.25. The predicted molar refractivity (Wildman–Crippen MR) is 101 cm³/mol. The lowest BCUT2D eigenvalue weighted by atomic mass is 10.0. The van der Waals surface area contributed by atoms with E-state index in [-0.39, 0.29) is 17.4 Å². The lowest BCUT2D eigenvalue weighted by molar-refractivity contribution is -0.137. The molecule has 1 amide bonds. The zero-order valence-corrected chi connectivity index (χ0v) is 16.3. The zero-order valence-electron chi connectivity index (χ0n) is 15.5. The van der Waals surface area contributed by atoms with Gasteiger partial charge < -0.3 is 9.84 Å². The van der Waals surface area contributed by atoms with E-state index >= 15 is 0 Å². The molecule has 1 heterocycles. The number of halogens is 4. The van der Waals surface area contributed by atoms with E-state index in [1.165, 1.54) is 0 Å². The van der Waals surface area contributed by atoms with Crippen LogP contribution in [0.2, 0.25) is 5.02 Å². The number of carbonyl (C=O) groups excluding carboxylic acids is 1. The first kappa shape index (κ1) is 20.9. The molecule has 0 bridgehead atoms. The fourth-order valence-corrected chi connectivity index (χ4v) is 2.75. The molecule has 3 aromatic rings. The third-order valence-electron chi connectivity index (χ3n) is 4.24. The molecule has 5 nitrogen and oxygen atoms in total. The Kier molecular flexibility index (Phi) is 5.93. The Morgan fingerprint density at radius 2 is 1.69 bits per heavy atom. The second-order valence-corrected chi connectivity index (χ2v) is 7.17. The van der Waals surface area contributed by atoms with Gasteiger partial charge in [-0.15, -0.1) is 0 Å². The summed E-state index contributed by atoms with van der Waals surface area (Å²) in [7, 11) is 0. The molecule has 1 atom stereocenters. The van der Waals surface area contributed by atoms with Crippen molar-refractivity contribution in [1.29, 1.82) is 0 Å². The normalized spacial score (nSPS) is 12.8. The van der Waals surface area contributed by atoms with Crippen molar-refractivity contribution >= 4 is 17.5 Å². The Morgan fingerprint density at radius 1 is 1.07 bits per heavy atom. The molecule has 1 N–H and O–H groups in total. The van der Waals surface area contributed by atoms with Gasteiger partial charge in [-0.25, -0.2) is 0 Å². The topological polar surface area (TPSA) is 68.0 Å². The Balaban J connectivity index is 1.78. The van der Waals surface area contributed by atoms with E-state index in [1.54, 1.807) is 24.3 Å². The number of aromatic nitrogens is 2. The van der Waals surface area contributed by atoms with E-state index in [4.69, 9.17) is 16.1 Å². The van der Waals surface area contributed by atoms with Crippen LogP contribution < -0.4 is 5.32 Å². The summed E-state index contributed by atoms with van der Waals surface area (Å²) in [5.74, 6) is -0.105. The monoisotopic (exact) mass is 423 g/mol.